The van der Waals surface area contributed by atoms with Crippen LogP contribution in [0.1, 0.15) is 53.6 Å². The van der Waals surface area contributed by atoms with Gasteiger partial charge < -0.3 is 10.1 Å². The van der Waals surface area contributed by atoms with E-state index in [1.54, 1.807) is 12.1 Å². The van der Waals surface area contributed by atoms with Gasteiger partial charge in [0.2, 0.25) is 10.0 Å². The third kappa shape index (κ3) is 5.57. The third-order valence-corrected chi connectivity index (χ3v) is 8.43. The molecule has 7 nitrogen and oxygen atoms in total. The molecule has 1 N–H and O–H groups in total. The van der Waals surface area contributed by atoms with Crippen molar-refractivity contribution in [2.24, 2.45) is 0 Å². The van der Waals surface area contributed by atoms with Crippen molar-refractivity contribution in [3.05, 3.63) is 59.2 Å². The van der Waals surface area contributed by atoms with Gasteiger partial charge in [0.05, 0.1) is 7.11 Å². The van der Waals surface area contributed by atoms with E-state index in [0.29, 0.717) is 25.2 Å². The van der Waals surface area contributed by atoms with E-state index in [4.69, 9.17) is 4.74 Å². The molecule has 0 atom stereocenters. The lowest BCUT2D eigenvalue weighted by atomic mass is 10.0. The molecule has 2 aliphatic rings. The van der Waals surface area contributed by atoms with Crippen molar-refractivity contribution in [3.63, 3.8) is 0 Å². The SMILES string of the molecule is COc1ccc(C(=O)NCc2ccccc2CN2CCCCC2)cc1S(=O)(=O)N1CCCC1. The maximum absolute atomic E-state index is 13.1. The molecule has 2 aliphatic heterocycles. The molecule has 178 valence electrons. The number of nitrogens with zero attached hydrogens (tertiary/aromatic N) is 2. The lowest BCUT2D eigenvalue weighted by Gasteiger charge is -2.27. The molecule has 4 rings (SSSR count). The predicted molar refractivity (Wildman–Crippen MR) is 128 cm³/mol. The van der Waals surface area contributed by atoms with Crippen LogP contribution in [0.3, 0.4) is 0 Å². The number of carbonyl (C=O) groups is 1. The maximum Gasteiger partial charge on any atom is 0.251 e. The van der Waals surface area contributed by atoms with Gasteiger partial charge >= 0.3 is 0 Å². The number of methoxy groups -OCH3 is 1. The number of ether oxygens (including phenoxy) is 1. The summed E-state index contributed by atoms with van der Waals surface area (Å²) in [7, 11) is -2.26. The van der Waals surface area contributed by atoms with Gasteiger partial charge in [0.1, 0.15) is 10.6 Å². The summed E-state index contributed by atoms with van der Waals surface area (Å²) in [4.78, 5) is 15.5. The Morgan fingerprint density at radius 1 is 0.939 bits per heavy atom. The fourth-order valence-corrected chi connectivity index (χ4v) is 6.31. The maximum atomic E-state index is 13.1. The summed E-state index contributed by atoms with van der Waals surface area (Å²) in [6, 6.07) is 12.8. The normalized spacial score (nSPS) is 17.7. The number of sulfonamides is 1. The highest BCUT2D eigenvalue weighted by molar-refractivity contribution is 7.89. The number of piperidine rings is 1. The van der Waals surface area contributed by atoms with Gasteiger partial charge in [-0.3, -0.25) is 9.69 Å². The van der Waals surface area contributed by atoms with E-state index >= 15 is 0 Å². The first-order valence-electron chi connectivity index (χ1n) is 11.7. The van der Waals surface area contributed by atoms with Gasteiger partial charge in [0.15, 0.2) is 0 Å². The van der Waals surface area contributed by atoms with E-state index in [1.807, 2.05) is 18.2 Å². The highest BCUT2D eigenvalue weighted by Crippen LogP contribution is 2.30. The minimum atomic E-state index is -3.70. The summed E-state index contributed by atoms with van der Waals surface area (Å²) in [5.41, 5.74) is 2.60. The van der Waals surface area contributed by atoms with Crippen LogP contribution in [0.5, 0.6) is 5.75 Å². The van der Waals surface area contributed by atoms with E-state index in [-0.39, 0.29) is 16.6 Å². The molecule has 0 bridgehead atoms. The Hall–Kier alpha value is -2.42. The molecule has 0 unspecified atom stereocenters. The molecule has 2 aromatic rings. The monoisotopic (exact) mass is 471 g/mol. The Balaban J connectivity index is 1.48. The Labute approximate surface area is 196 Å². The van der Waals surface area contributed by atoms with Crippen LogP contribution in [0.15, 0.2) is 47.4 Å². The second-order valence-corrected chi connectivity index (χ2v) is 10.7. The van der Waals surface area contributed by atoms with Gasteiger partial charge in [0.25, 0.3) is 5.91 Å². The van der Waals surface area contributed by atoms with Gasteiger partial charge in [-0.25, -0.2) is 8.42 Å². The van der Waals surface area contributed by atoms with Crippen LogP contribution in [0.4, 0.5) is 0 Å². The predicted octanol–water partition coefficient (Wildman–Crippen LogP) is 3.40. The number of likely N-dealkylation sites (tertiary alicyclic amines) is 1. The van der Waals surface area contributed by atoms with Gasteiger partial charge in [-0.05, 0) is 68.1 Å². The van der Waals surface area contributed by atoms with Crippen molar-refractivity contribution >= 4 is 15.9 Å². The first-order valence-corrected chi connectivity index (χ1v) is 13.2. The van der Waals surface area contributed by atoms with Crippen molar-refractivity contribution in [1.82, 2.24) is 14.5 Å². The first-order chi connectivity index (χ1) is 16.0. The second-order valence-electron chi connectivity index (χ2n) is 8.77. The summed E-state index contributed by atoms with van der Waals surface area (Å²) >= 11 is 0. The van der Waals surface area contributed by atoms with Gasteiger partial charge in [-0.15, -0.1) is 0 Å². The average molecular weight is 472 g/mol. The Kier molecular flexibility index (Phi) is 7.67. The molecular formula is C25H33N3O4S. The molecule has 8 heteroatoms. The minimum Gasteiger partial charge on any atom is -0.495 e. The van der Waals surface area contributed by atoms with E-state index in [2.05, 4.69) is 16.3 Å². The van der Waals surface area contributed by atoms with Crippen LogP contribution < -0.4 is 10.1 Å². The van der Waals surface area contributed by atoms with Crippen LogP contribution in [-0.4, -0.2) is 56.8 Å². The van der Waals surface area contributed by atoms with Crippen LogP contribution in [0, 0.1) is 0 Å². The molecule has 0 radical (unpaired) electrons. The Bertz CT molecular complexity index is 1070. The van der Waals surface area contributed by atoms with Crippen LogP contribution in [0.25, 0.3) is 0 Å². The summed E-state index contributed by atoms with van der Waals surface area (Å²) in [6.07, 6.45) is 5.46. The molecule has 0 saturated carbocycles. The highest BCUT2D eigenvalue weighted by atomic mass is 32.2. The molecule has 0 aliphatic carbocycles. The molecular weight excluding hydrogens is 438 g/mol. The van der Waals surface area contributed by atoms with E-state index in [0.717, 1.165) is 38.0 Å². The van der Waals surface area contributed by atoms with Crippen molar-refractivity contribution in [3.8, 4) is 5.75 Å². The molecule has 2 saturated heterocycles. The van der Waals surface area contributed by atoms with E-state index in [9.17, 15) is 13.2 Å². The highest BCUT2D eigenvalue weighted by Gasteiger charge is 2.30. The minimum absolute atomic E-state index is 0.0463. The van der Waals surface area contributed by atoms with Gasteiger partial charge in [-0.1, -0.05) is 30.7 Å². The summed E-state index contributed by atoms with van der Waals surface area (Å²) in [6.45, 7) is 4.49. The number of hydrogen-bond donors (Lipinski definition) is 1. The van der Waals surface area contributed by atoms with E-state index in [1.165, 1.54) is 42.3 Å². The molecule has 33 heavy (non-hydrogen) atoms. The lowest BCUT2D eigenvalue weighted by Crippen LogP contribution is -2.30. The van der Waals surface area contributed by atoms with Crippen molar-refractivity contribution in [1.29, 1.82) is 0 Å². The summed E-state index contributed by atoms with van der Waals surface area (Å²) < 4.78 is 33.0. The quantitative estimate of drug-likeness (QED) is 0.639. The molecule has 1 amide bonds. The first kappa shape index (κ1) is 23.7. The Morgan fingerprint density at radius 2 is 1.61 bits per heavy atom. The number of rotatable bonds is 8. The molecule has 0 spiro atoms. The number of carbonyl (C=O) groups excluding carboxylic acids is 1. The third-order valence-electron chi connectivity index (χ3n) is 6.51. The van der Waals surface area contributed by atoms with Crippen LogP contribution >= 0.6 is 0 Å². The van der Waals surface area contributed by atoms with Crippen LogP contribution in [0.2, 0.25) is 0 Å². The zero-order valence-corrected chi connectivity index (χ0v) is 20.1. The summed E-state index contributed by atoms with van der Waals surface area (Å²) in [5, 5.41) is 2.97. The van der Waals surface area contributed by atoms with Gasteiger partial charge in [-0.2, -0.15) is 4.31 Å². The summed E-state index contributed by atoms with van der Waals surface area (Å²) in [5.74, 6) is -0.0476. The molecule has 2 heterocycles. The van der Waals surface area contributed by atoms with Crippen LogP contribution in [-0.2, 0) is 23.1 Å². The lowest BCUT2D eigenvalue weighted by molar-refractivity contribution is 0.0950. The zero-order chi connectivity index (χ0) is 23.3. The average Bonchev–Trinajstić information content (AvgIpc) is 3.40. The van der Waals surface area contributed by atoms with Gasteiger partial charge in [0, 0.05) is 31.7 Å². The van der Waals surface area contributed by atoms with E-state index < -0.39 is 10.0 Å². The molecule has 0 aromatic heterocycles. The molecule has 2 fully saturated rings. The fraction of sp³-hybridized carbons (Fsp3) is 0.480. The van der Waals surface area contributed by atoms with Crippen molar-refractivity contribution in [2.75, 3.05) is 33.3 Å². The van der Waals surface area contributed by atoms with Crippen molar-refractivity contribution in [2.45, 2.75) is 50.1 Å². The smallest absolute Gasteiger partial charge is 0.251 e. The Morgan fingerprint density at radius 3 is 2.30 bits per heavy atom. The number of benzene rings is 2. The zero-order valence-electron chi connectivity index (χ0n) is 19.3. The molecule has 2 aromatic carbocycles. The standard InChI is InChI=1S/C25H33N3O4S/c1-32-23-12-11-20(17-24(23)33(30,31)28-15-7-8-16-28)25(29)26-18-21-9-3-4-10-22(21)19-27-13-5-2-6-14-27/h3-4,9-12,17H,2,5-8,13-16,18-19H2,1H3,(H,26,29). The fourth-order valence-electron chi connectivity index (χ4n) is 4.61. The number of hydrogen-bond acceptors (Lipinski definition) is 5. The second kappa shape index (κ2) is 10.7. The topological polar surface area (TPSA) is 79.0 Å². The largest absolute Gasteiger partial charge is 0.495 e. The number of amides is 1. The van der Waals surface area contributed by atoms with Crippen molar-refractivity contribution < 1.29 is 17.9 Å². The number of nitrogens with one attached hydrogen (secondary N) is 1.